The van der Waals surface area contributed by atoms with Crippen molar-refractivity contribution >= 4 is 10.1 Å². The Bertz CT molecular complexity index is 759. The van der Waals surface area contributed by atoms with Gasteiger partial charge in [-0.2, -0.15) is 8.42 Å². The van der Waals surface area contributed by atoms with Crippen molar-refractivity contribution in [1.29, 1.82) is 0 Å². The maximum Gasteiger partial charge on any atom is 0.306 e. The fraction of sp³-hybridized carbons (Fsp3) is 0.333. The third-order valence-corrected chi connectivity index (χ3v) is 4.39. The van der Waals surface area contributed by atoms with E-state index in [-0.39, 0.29) is 6.10 Å². The number of nitrogens with zero attached hydrogens (tertiary/aromatic N) is 1. The van der Waals surface area contributed by atoms with Gasteiger partial charge < -0.3 is 8.92 Å². The second kappa shape index (κ2) is 7.34. The Labute approximate surface area is 142 Å². The summed E-state index contributed by atoms with van der Waals surface area (Å²) in [5.41, 5.74) is 2.31. The van der Waals surface area contributed by atoms with Crippen LogP contribution < -0.4 is 4.18 Å². The van der Waals surface area contributed by atoms with Gasteiger partial charge in [0.15, 0.2) is 0 Å². The Balaban J connectivity index is 1.64. The lowest BCUT2D eigenvalue weighted by Gasteiger charge is -2.33. The minimum atomic E-state index is -3.50. The van der Waals surface area contributed by atoms with Crippen molar-refractivity contribution in [3.63, 3.8) is 0 Å². The molecule has 24 heavy (non-hydrogen) atoms. The molecular formula is C18H21NO4S. The van der Waals surface area contributed by atoms with Gasteiger partial charge in [0.25, 0.3) is 0 Å². The molecule has 1 saturated heterocycles. The monoisotopic (exact) mass is 347 g/mol. The van der Waals surface area contributed by atoms with Gasteiger partial charge in [0, 0.05) is 19.6 Å². The van der Waals surface area contributed by atoms with Crippen molar-refractivity contribution in [3.8, 4) is 5.75 Å². The van der Waals surface area contributed by atoms with Gasteiger partial charge in [0.05, 0.1) is 19.0 Å². The molecule has 6 heteroatoms. The van der Waals surface area contributed by atoms with Crippen LogP contribution in [0.2, 0.25) is 0 Å². The number of ether oxygens (including phenoxy) is 1. The lowest BCUT2D eigenvalue weighted by atomic mass is 10.1. The minimum Gasteiger partial charge on any atom is -0.383 e. The number of morpholine rings is 1. The number of benzene rings is 2. The van der Waals surface area contributed by atoms with Gasteiger partial charge in [0.2, 0.25) is 0 Å². The zero-order valence-corrected chi connectivity index (χ0v) is 14.4. The van der Waals surface area contributed by atoms with E-state index >= 15 is 0 Å². The van der Waals surface area contributed by atoms with Gasteiger partial charge in [-0.05, 0) is 23.3 Å². The van der Waals surface area contributed by atoms with Gasteiger partial charge in [-0.15, -0.1) is 0 Å². The highest BCUT2D eigenvalue weighted by Gasteiger charge is 2.22. The molecule has 0 aliphatic carbocycles. The molecule has 0 amide bonds. The smallest absolute Gasteiger partial charge is 0.306 e. The lowest BCUT2D eigenvalue weighted by molar-refractivity contribution is -0.0329. The molecule has 2 aromatic rings. The van der Waals surface area contributed by atoms with Gasteiger partial charge in [-0.25, -0.2) is 0 Å². The Hall–Kier alpha value is -1.89. The molecule has 0 saturated carbocycles. The summed E-state index contributed by atoms with van der Waals surface area (Å²) >= 11 is 0. The normalized spacial score (nSPS) is 19.1. The second-order valence-electron chi connectivity index (χ2n) is 5.94. The van der Waals surface area contributed by atoms with Crippen LogP contribution in [0.3, 0.4) is 0 Å². The average Bonchev–Trinajstić information content (AvgIpc) is 2.55. The number of hydrogen-bond acceptors (Lipinski definition) is 5. The summed E-state index contributed by atoms with van der Waals surface area (Å²) in [6.45, 7) is 3.29. The molecule has 1 heterocycles. The second-order valence-corrected chi connectivity index (χ2v) is 7.51. The third kappa shape index (κ3) is 4.80. The molecule has 2 aromatic carbocycles. The van der Waals surface area contributed by atoms with Crippen molar-refractivity contribution < 1.29 is 17.3 Å². The first-order valence-corrected chi connectivity index (χ1v) is 9.68. The van der Waals surface area contributed by atoms with Crippen LogP contribution in [0.1, 0.15) is 17.2 Å². The molecule has 0 unspecified atom stereocenters. The first-order valence-electron chi connectivity index (χ1n) is 7.87. The van der Waals surface area contributed by atoms with Crippen LogP contribution in [0.25, 0.3) is 0 Å². The van der Waals surface area contributed by atoms with E-state index in [1.54, 1.807) is 12.1 Å². The molecule has 0 spiro atoms. The predicted molar refractivity (Wildman–Crippen MR) is 92.3 cm³/mol. The number of hydrogen-bond donors (Lipinski definition) is 0. The molecule has 5 nitrogen and oxygen atoms in total. The van der Waals surface area contributed by atoms with Crippen molar-refractivity contribution in [2.45, 2.75) is 12.6 Å². The largest absolute Gasteiger partial charge is 0.383 e. The van der Waals surface area contributed by atoms with E-state index in [1.807, 2.05) is 30.3 Å². The maximum atomic E-state index is 11.2. The Morgan fingerprint density at radius 1 is 1.12 bits per heavy atom. The molecule has 1 atom stereocenters. The molecule has 128 valence electrons. The Morgan fingerprint density at radius 2 is 1.83 bits per heavy atom. The topological polar surface area (TPSA) is 55.8 Å². The van der Waals surface area contributed by atoms with Crippen LogP contribution in [-0.2, 0) is 21.4 Å². The molecule has 0 bridgehead atoms. The third-order valence-electron chi connectivity index (χ3n) is 3.90. The van der Waals surface area contributed by atoms with Crippen molar-refractivity contribution in [1.82, 2.24) is 4.90 Å². The molecule has 0 N–H and O–H groups in total. The first-order chi connectivity index (χ1) is 11.5. The summed E-state index contributed by atoms with van der Waals surface area (Å²) in [5, 5.41) is 0. The summed E-state index contributed by atoms with van der Waals surface area (Å²) in [7, 11) is -3.50. The fourth-order valence-electron chi connectivity index (χ4n) is 2.80. The van der Waals surface area contributed by atoms with Gasteiger partial charge in [-0.1, -0.05) is 42.5 Å². The van der Waals surface area contributed by atoms with E-state index in [4.69, 9.17) is 8.92 Å². The molecule has 3 rings (SSSR count). The Morgan fingerprint density at radius 3 is 2.50 bits per heavy atom. The number of rotatable bonds is 5. The molecule has 0 radical (unpaired) electrons. The van der Waals surface area contributed by atoms with E-state index in [9.17, 15) is 8.42 Å². The lowest BCUT2D eigenvalue weighted by Crippen LogP contribution is -2.37. The molecular weight excluding hydrogens is 326 g/mol. The van der Waals surface area contributed by atoms with Crippen LogP contribution in [-0.4, -0.2) is 39.3 Å². The molecule has 1 fully saturated rings. The zero-order valence-electron chi connectivity index (χ0n) is 13.6. The van der Waals surface area contributed by atoms with E-state index in [0.29, 0.717) is 12.4 Å². The van der Waals surface area contributed by atoms with E-state index in [0.717, 1.165) is 31.5 Å². The van der Waals surface area contributed by atoms with E-state index in [2.05, 4.69) is 17.0 Å². The zero-order chi connectivity index (χ0) is 17.0. The van der Waals surface area contributed by atoms with E-state index < -0.39 is 10.1 Å². The van der Waals surface area contributed by atoms with E-state index in [1.165, 1.54) is 5.56 Å². The SMILES string of the molecule is CS(=O)(=O)Oc1ccc([C@@H]2CN(Cc3ccccc3)CCO2)cc1. The molecule has 0 aromatic heterocycles. The summed E-state index contributed by atoms with van der Waals surface area (Å²) in [4.78, 5) is 2.37. The standard InChI is InChI=1S/C18H21NO4S/c1-24(20,21)23-17-9-7-16(8-10-17)18-14-19(11-12-22-18)13-15-5-3-2-4-6-15/h2-10,18H,11-14H2,1H3/t18-/m0/s1. The highest BCUT2D eigenvalue weighted by atomic mass is 32.2. The van der Waals surface area contributed by atoms with Gasteiger partial charge in [-0.3, -0.25) is 4.90 Å². The van der Waals surface area contributed by atoms with Crippen LogP contribution in [0.5, 0.6) is 5.75 Å². The molecule has 1 aliphatic rings. The molecule has 1 aliphatic heterocycles. The van der Waals surface area contributed by atoms with Crippen LogP contribution in [0.4, 0.5) is 0 Å². The minimum absolute atomic E-state index is 0.0188. The van der Waals surface area contributed by atoms with Crippen LogP contribution in [0.15, 0.2) is 54.6 Å². The summed E-state index contributed by atoms with van der Waals surface area (Å²) < 4.78 is 33.0. The first kappa shape index (κ1) is 17.0. The highest BCUT2D eigenvalue weighted by molar-refractivity contribution is 7.86. The fourth-order valence-corrected chi connectivity index (χ4v) is 3.26. The summed E-state index contributed by atoms with van der Waals surface area (Å²) in [6.07, 6.45) is 1.02. The Kier molecular flexibility index (Phi) is 5.18. The summed E-state index contributed by atoms with van der Waals surface area (Å²) in [5.74, 6) is 0.318. The van der Waals surface area contributed by atoms with Gasteiger partial charge >= 0.3 is 10.1 Å². The van der Waals surface area contributed by atoms with Crippen molar-refractivity contribution in [3.05, 3.63) is 65.7 Å². The highest BCUT2D eigenvalue weighted by Crippen LogP contribution is 2.25. The van der Waals surface area contributed by atoms with Crippen molar-refractivity contribution in [2.75, 3.05) is 26.0 Å². The van der Waals surface area contributed by atoms with Crippen molar-refractivity contribution in [2.24, 2.45) is 0 Å². The van der Waals surface area contributed by atoms with Gasteiger partial charge in [0.1, 0.15) is 5.75 Å². The quantitative estimate of drug-likeness (QED) is 0.778. The summed E-state index contributed by atoms with van der Waals surface area (Å²) in [6, 6.07) is 17.4. The van der Waals surface area contributed by atoms with Crippen LogP contribution >= 0.6 is 0 Å². The average molecular weight is 347 g/mol. The van der Waals surface area contributed by atoms with Crippen LogP contribution in [0, 0.1) is 0 Å². The maximum absolute atomic E-state index is 11.2. The predicted octanol–water partition coefficient (Wildman–Crippen LogP) is 2.60.